The molecule has 0 aliphatic rings. The molecule has 5 aromatic rings. The van der Waals surface area contributed by atoms with Gasteiger partial charge in [0, 0.05) is 33.2 Å². The Kier molecular flexibility index (Phi) is 5.69. The molecule has 3 heterocycles. The van der Waals surface area contributed by atoms with Gasteiger partial charge in [0.1, 0.15) is 27.0 Å². The van der Waals surface area contributed by atoms with E-state index < -0.39 is 5.91 Å². The van der Waals surface area contributed by atoms with E-state index in [9.17, 15) is 9.18 Å². The molecule has 2 N–H and O–H groups in total. The van der Waals surface area contributed by atoms with E-state index in [1.54, 1.807) is 65.0 Å². The van der Waals surface area contributed by atoms with E-state index >= 15 is 0 Å². The zero-order chi connectivity index (χ0) is 22.1. The molecule has 0 bridgehead atoms. The molecule has 158 valence electrons. The fraction of sp³-hybridized carbons (Fsp3) is 0.0435. The number of rotatable bonds is 6. The van der Waals surface area contributed by atoms with Crippen LogP contribution >= 0.6 is 34.4 Å². The van der Waals surface area contributed by atoms with Crippen molar-refractivity contribution < 1.29 is 9.18 Å². The smallest absolute Gasteiger partial charge is 0.248 e. The molecular weight excluding hydrogens is 463 g/mol. The number of aromatic nitrogens is 3. The van der Waals surface area contributed by atoms with Gasteiger partial charge >= 0.3 is 0 Å². The van der Waals surface area contributed by atoms with E-state index in [4.69, 9.17) is 10.7 Å². The maximum absolute atomic E-state index is 13.4. The Hall–Kier alpha value is -3.14. The Labute approximate surface area is 195 Å². The number of nitrogens with zero attached hydrogens (tertiary/aromatic N) is 3. The molecule has 0 spiro atoms. The average molecular weight is 479 g/mol. The lowest BCUT2D eigenvalue weighted by Gasteiger charge is -2.05. The summed E-state index contributed by atoms with van der Waals surface area (Å²) in [5, 5.41) is 6.79. The van der Waals surface area contributed by atoms with Crippen LogP contribution in [0.25, 0.3) is 31.9 Å². The standard InChI is InChI=1S/C23H15FN4OS3/c24-16-7-5-13(6-8-16)18-11-32-23-19(18)22(26-12-27-23)31-10-17-9-30-21(28-17)15-3-1-14(2-4-15)20(25)29/h1-9,11-12H,10H2,(H2,25,29). The molecule has 5 rings (SSSR count). The summed E-state index contributed by atoms with van der Waals surface area (Å²) in [5.41, 5.74) is 9.60. The van der Waals surface area contributed by atoms with Gasteiger partial charge in [0.15, 0.2) is 0 Å². The molecule has 0 fully saturated rings. The predicted molar refractivity (Wildman–Crippen MR) is 128 cm³/mol. The zero-order valence-electron chi connectivity index (χ0n) is 16.5. The minimum Gasteiger partial charge on any atom is -0.366 e. The minimum atomic E-state index is -0.447. The van der Waals surface area contributed by atoms with Gasteiger partial charge in [-0.15, -0.1) is 22.7 Å². The highest BCUT2D eigenvalue weighted by Gasteiger charge is 2.15. The highest BCUT2D eigenvalue weighted by molar-refractivity contribution is 7.98. The van der Waals surface area contributed by atoms with E-state index in [2.05, 4.69) is 9.97 Å². The first-order valence-corrected chi connectivity index (χ1v) is 12.3. The van der Waals surface area contributed by atoms with Crippen molar-refractivity contribution in [3.05, 3.63) is 82.7 Å². The lowest BCUT2D eigenvalue weighted by molar-refractivity contribution is 0.100. The van der Waals surface area contributed by atoms with Gasteiger partial charge < -0.3 is 5.73 Å². The average Bonchev–Trinajstić information content (AvgIpc) is 3.46. The van der Waals surface area contributed by atoms with E-state index in [1.165, 1.54) is 12.1 Å². The molecule has 0 aliphatic heterocycles. The Bertz CT molecular complexity index is 1410. The van der Waals surface area contributed by atoms with Crippen LogP contribution in [0.4, 0.5) is 4.39 Å². The third-order valence-electron chi connectivity index (χ3n) is 4.82. The zero-order valence-corrected chi connectivity index (χ0v) is 18.9. The molecule has 1 amide bonds. The normalized spacial score (nSPS) is 11.2. The number of carbonyl (C=O) groups is 1. The molecule has 0 unspecified atom stereocenters. The molecule has 2 aromatic carbocycles. The highest BCUT2D eigenvalue weighted by Crippen LogP contribution is 2.39. The molecule has 9 heteroatoms. The summed E-state index contributed by atoms with van der Waals surface area (Å²) < 4.78 is 13.4. The number of nitrogens with two attached hydrogens (primary N) is 1. The van der Waals surface area contributed by atoms with Crippen molar-refractivity contribution in [3.63, 3.8) is 0 Å². The summed E-state index contributed by atoms with van der Waals surface area (Å²) in [4.78, 5) is 25.8. The van der Waals surface area contributed by atoms with Crippen LogP contribution in [0, 0.1) is 5.82 Å². The highest BCUT2D eigenvalue weighted by atomic mass is 32.2. The number of primary amides is 1. The van der Waals surface area contributed by atoms with Gasteiger partial charge in [-0.3, -0.25) is 4.79 Å². The van der Waals surface area contributed by atoms with Crippen molar-refractivity contribution in [3.8, 4) is 21.7 Å². The number of hydrogen-bond donors (Lipinski definition) is 1. The third kappa shape index (κ3) is 4.14. The summed E-state index contributed by atoms with van der Waals surface area (Å²) in [6.45, 7) is 0. The number of thiazole rings is 1. The Balaban J connectivity index is 1.38. The van der Waals surface area contributed by atoms with Crippen molar-refractivity contribution in [1.29, 1.82) is 0 Å². The summed E-state index contributed by atoms with van der Waals surface area (Å²) in [5.74, 6) is -0.0548. The van der Waals surface area contributed by atoms with Crippen molar-refractivity contribution in [2.45, 2.75) is 10.8 Å². The first kappa shape index (κ1) is 20.7. The molecule has 32 heavy (non-hydrogen) atoms. The number of hydrogen-bond acceptors (Lipinski definition) is 7. The summed E-state index contributed by atoms with van der Waals surface area (Å²) >= 11 is 4.70. The third-order valence-corrected chi connectivity index (χ3v) is 7.67. The van der Waals surface area contributed by atoms with Crippen LogP contribution in [0.3, 0.4) is 0 Å². The number of carbonyl (C=O) groups excluding carboxylic acids is 1. The lowest BCUT2D eigenvalue weighted by atomic mass is 10.1. The molecule has 3 aromatic heterocycles. The number of thiophene rings is 1. The summed E-state index contributed by atoms with van der Waals surface area (Å²) in [7, 11) is 0. The van der Waals surface area contributed by atoms with Gasteiger partial charge in [-0.2, -0.15) is 0 Å². The number of amides is 1. The van der Waals surface area contributed by atoms with Crippen LogP contribution in [0.2, 0.25) is 0 Å². The maximum atomic E-state index is 13.4. The number of halogens is 1. The fourth-order valence-corrected chi connectivity index (χ4v) is 6.04. The first-order chi connectivity index (χ1) is 15.6. The molecule has 0 saturated heterocycles. The topological polar surface area (TPSA) is 81.8 Å². The van der Waals surface area contributed by atoms with Crippen LogP contribution in [0.1, 0.15) is 16.1 Å². The second-order valence-corrected chi connectivity index (χ2v) is 9.57. The van der Waals surface area contributed by atoms with Crippen molar-refractivity contribution in [2.24, 2.45) is 5.73 Å². The number of benzene rings is 2. The van der Waals surface area contributed by atoms with Gasteiger partial charge in [-0.1, -0.05) is 36.0 Å². The van der Waals surface area contributed by atoms with Crippen molar-refractivity contribution >= 4 is 50.6 Å². The largest absolute Gasteiger partial charge is 0.366 e. The molecule has 5 nitrogen and oxygen atoms in total. The van der Waals surface area contributed by atoms with Crippen LogP contribution in [-0.2, 0) is 5.75 Å². The van der Waals surface area contributed by atoms with Crippen LogP contribution in [0.5, 0.6) is 0 Å². The lowest BCUT2D eigenvalue weighted by Crippen LogP contribution is -2.10. The van der Waals surface area contributed by atoms with Crippen LogP contribution in [0.15, 0.2) is 70.6 Å². The Morgan fingerprint density at radius 2 is 1.72 bits per heavy atom. The van der Waals surface area contributed by atoms with E-state index in [0.717, 1.165) is 42.6 Å². The fourth-order valence-electron chi connectivity index (χ4n) is 3.22. The number of fused-ring (bicyclic) bond motifs is 1. The molecule has 0 aliphatic carbocycles. The van der Waals surface area contributed by atoms with Gasteiger partial charge in [0.25, 0.3) is 0 Å². The minimum absolute atomic E-state index is 0.261. The monoisotopic (exact) mass is 478 g/mol. The predicted octanol–water partition coefficient (Wildman–Crippen LogP) is 6.01. The van der Waals surface area contributed by atoms with Gasteiger partial charge in [-0.05, 0) is 29.8 Å². The quantitative estimate of drug-likeness (QED) is 0.239. The SMILES string of the molecule is NC(=O)c1ccc(-c2nc(CSc3ncnc4scc(-c5ccc(F)cc5)c34)cs2)cc1. The first-order valence-electron chi connectivity index (χ1n) is 9.54. The van der Waals surface area contributed by atoms with Crippen molar-refractivity contribution in [2.75, 3.05) is 0 Å². The maximum Gasteiger partial charge on any atom is 0.248 e. The number of thioether (sulfide) groups is 1. The second-order valence-electron chi connectivity index (χ2n) is 6.89. The van der Waals surface area contributed by atoms with Crippen LogP contribution < -0.4 is 5.73 Å². The van der Waals surface area contributed by atoms with Crippen LogP contribution in [-0.4, -0.2) is 20.9 Å². The summed E-state index contributed by atoms with van der Waals surface area (Å²) in [6.07, 6.45) is 1.57. The molecule has 0 atom stereocenters. The van der Waals surface area contributed by atoms with E-state index in [1.807, 2.05) is 22.9 Å². The molecule has 0 saturated carbocycles. The van der Waals surface area contributed by atoms with E-state index in [0.29, 0.717) is 11.3 Å². The second kappa shape index (κ2) is 8.78. The van der Waals surface area contributed by atoms with E-state index in [-0.39, 0.29) is 5.82 Å². The molecular formula is C23H15FN4OS3. The van der Waals surface area contributed by atoms with Crippen molar-refractivity contribution in [1.82, 2.24) is 15.0 Å². The van der Waals surface area contributed by atoms with Gasteiger partial charge in [0.05, 0.1) is 11.1 Å². The van der Waals surface area contributed by atoms with Gasteiger partial charge in [-0.25, -0.2) is 19.3 Å². The molecule has 0 radical (unpaired) electrons. The Morgan fingerprint density at radius 3 is 2.47 bits per heavy atom. The summed E-state index contributed by atoms with van der Waals surface area (Å²) in [6, 6.07) is 13.6. The Morgan fingerprint density at radius 1 is 0.969 bits per heavy atom. The van der Waals surface area contributed by atoms with Gasteiger partial charge in [0.2, 0.25) is 5.91 Å².